The molecule has 0 unspecified atom stereocenters. The summed E-state index contributed by atoms with van der Waals surface area (Å²) in [5, 5.41) is 5.02. The molecule has 1 amide bonds. The molecule has 6 nitrogen and oxygen atoms in total. The molecular formula is C16H21N3O3S2. The third kappa shape index (κ3) is 4.99. The number of thiocarbonyl (C=S) groups is 1. The Morgan fingerprint density at radius 1 is 1.21 bits per heavy atom. The first-order valence-electron chi connectivity index (χ1n) is 8.04. The van der Waals surface area contributed by atoms with Crippen LogP contribution in [0, 0.1) is 0 Å². The predicted octanol–water partition coefficient (Wildman–Crippen LogP) is 2.04. The van der Waals surface area contributed by atoms with Gasteiger partial charge >= 0.3 is 0 Å². The largest absolute Gasteiger partial charge is 0.454 e. The van der Waals surface area contributed by atoms with Crippen LogP contribution in [0.5, 0.6) is 11.5 Å². The summed E-state index contributed by atoms with van der Waals surface area (Å²) >= 11 is 6.64. The number of nitrogens with one attached hydrogen (secondary N) is 2. The van der Waals surface area contributed by atoms with Crippen molar-refractivity contribution in [1.82, 2.24) is 15.8 Å². The minimum absolute atomic E-state index is 0.0412. The normalized spacial score (nSPS) is 16.7. The standard InChI is InChI=1S/C16H21N3O3S2/c20-15(10-24-16(23)18-19-6-2-1-3-7-19)17-9-12-4-5-13-14(8-12)22-11-21-13/h4-5,8H,1-3,6-7,9-11H2,(H,17,20)(H,18,23). The van der Waals surface area contributed by atoms with Gasteiger partial charge in [-0.1, -0.05) is 36.5 Å². The lowest BCUT2D eigenvalue weighted by molar-refractivity contribution is -0.118. The van der Waals surface area contributed by atoms with Crippen molar-refractivity contribution in [3.63, 3.8) is 0 Å². The summed E-state index contributed by atoms with van der Waals surface area (Å²) in [5.74, 6) is 1.74. The summed E-state index contributed by atoms with van der Waals surface area (Å²) in [6.07, 6.45) is 3.66. The molecule has 0 atom stereocenters. The Labute approximate surface area is 151 Å². The Bertz CT molecular complexity index is 606. The lowest BCUT2D eigenvalue weighted by atomic mass is 10.2. The molecule has 0 radical (unpaired) electrons. The second-order valence-electron chi connectivity index (χ2n) is 5.70. The summed E-state index contributed by atoms with van der Waals surface area (Å²) < 4.78 is 11.2. The van der Waals surface area contributed by atoms with Crippen molar-refractivity contribution in [3.05, 3.63) is 23.8 Å². The van der Waals surface area contributed by atoms with Crippen molar-refractivity contribution >= 4 is 34.2 Å². The van der Waals surface area contributed by atoms with Crippen LogP contribution in [0.25, 0.3) is 0 Å². The molecule has 8 heteroatoms. The number of nitrogens with zero attached hydrogens (tertiary/aromatic N) is 1. The second kappa shape index (κ2) is 8.55. The van der Waals surface area contributed by atoms with Gasteiger partial charge in [0.25, 0.3) is 0 Å². The molecular weight excluding hydrogens is 346 g/mol. The summed E-state index contributed by atoms with van der Waals surface area (Å²) in [6.45, 7) is 2.74. The monoisotopic (exact) mass is 367 g/mol. The number of carbonyl (C=O) groups is 1. The third-order valence-electron chi connectivity index (χ3n) is 3.87. The number of benzene rings is 1. The van der Waals surface area contributed by atoms with Gasteiger partial charge in [0.15, 0.2) is 11.5 Å². The highest BCUT2D eigenvalue weighted by Crippen LogP contribution is 2.32. The number of rotatable bonds is 5. The van der Waals surface area contributed by atoms with Crippen LogP contribution in [-0.2, 0) is 11.3 Å². The Balaban J connectivity index is 1.35. The summed E-state index contributed by atoms with van der Waals surface area (Å²) in [7, 11) is 0. The maximum atomic E-state index is 12.0. The average molecular weight is 367 g/mol. The van der Waals surface area contributed by atoms with Crippen LogP contribution in [0.1, 0.15) is 24.8 Å². The van der Waals surface area contributed by atoms with E-state index in [9.17, 15) is 4.79 Å². The zero-order chi connectivity index (χ0) is 16.8. The quantitative estimate of drug-likeness (QED) is 0.772. The van der Waals surface area contributed by atoms with Crippen molar-refractivity contribution in [2.24, 2.45) is 0 Å². The van der Waals surface area contributed by atoms with E-state index in [4.69, 9.17) is 21.7 Å². The number of hydrogen-bond acceptors (Lipinski definition) is 6. The van der Waals surface area contributed by atoms with Gasteiger partial charge in [-0.25, -0.2) is 5.01 Å². The van der Waals surface area contributed by atoms with Crippen LogP contribution in [0.2, 0.25) is 0 Å². The fraction of sp³-hybridized carbons (Fsp3) is 0.500. The zero-order valence-corrected chi connectivity index (χ0v) is 15.0. The molecule has 0 spiro atoms. The number of ether oxygens (including phenoxy) is 2. The Kier molecular flexibility index (Phi) is 6.17. The van der Waals surface area contributed by atoms with Gasteiger partial charge in [0.2, 0.25) is 12.7 Å². The van der Waals surface area contributed by atoms with Gasteiger partial charge in [0, 0.05) is 19.6 Å². The van der Waals surface area contributed by atoms with E-state index in [0.717, 1.165) is 30.2 Å². The lowest BCUT2D eigenvalue weighted by Crippen LogP contribution is -2.43. The predicted molar refractivity (Wildman–Crippen MR) is 98.0 cm³/mol. The highest BCUT2D eigenvalue weighted by molar-refractivity contribution is 8.23. The van der Waals surface area contributed by atoms with Crippen LogP contribution < -0.4 is 20.2 Å². The lowest BCUT2D eigenvalue weighted by Gasteiger charge is -2.27. The first-order chi connectivity index (χ1) is 11.7. The van der Waals surface area contributed by atoms with E-state index < -0.39 is 0 Å². The third-order valence-corrected chi connectivity index (χ3v) is 5.07. The first kappa shape index (κ1) is 17.3. The average Bonchev–Trinajstić information content (AvgIpc) is 3.07. The maximum Gasteiger partial charge on any atom is 0.231 e. The summed E-state index contributed by atoms with van der Waals surface area (Å²) in [4.78, 5) is 12.0. The molecule has 0 aromatic heterocycles. The van der Waals surface area contributed by atoms with Crippen LogP contribution >= 0.6 is 24.0 Å². The molecule has 0 aliphatic carbocycles. The molecule has 2 aliphatic rings. The van der Waals surface area contributed by atoms with Gasteiger partial charge in [-0.05, 0) is 30.5 Å². The molecule has 1 aromatic rings. The Morgan fingerprint density at radius 2 is 2.00 bits per heavy atom. The van der Waals surface area contributed by atoms with Crippen molar-refractivity contribution in [2.75, 3.05) is 25.6 Å². The van der Waals surface area contributed by atoms with E-state index in [-0.39, 0.29) is 12.7 Å². The van der Waals surface area contributed by atoms with Gasteiger partial charge in [-0.2, -0.15) is 0 Å². The van der Waals surface area contributed by atoms with Crippen molar-refractivity contribution in [1.29, 1.82) is 0 Å². The number of hydrogen-bond donors (Lipinski definition) is 2. The SMILES string of the molecule is O=C(CSC(=S)NN1CCCCC1)NCc1ccc2c(c1)OCO2. The zero-order valence-electron chi connectivity index (χ0n) is 13.4. The van der Waals surface area contributed by atoms with Crippen LogP contribution in [0.15, 0.2) is 18.2 Å². The molecule has 3 rings (SSSR count). The highest BCUT2D eigenvalue weighted by Gasteiger charge is 2.14. The van der Waals surface area contributed by atoms with Crippen molar-refractivity contribution in [3.8, 4) is 11.5 Å². The molecule has 2 aliphatic heterocycles. The Morgan fingerprint density at radius 3 is 2.83 bits per heavy atom. The maximum absolute atomic E-state index is 12.0. The molecule has 24 heavy (non-hydrogen) atoms. The second-order valence-corrected chi connectivity index (χ2v) is 7.35. The minimum atomic E-state index is -0.0412. The molecule has 2 N–H and O–H groups in total. The van der Waals surface area contributed by atoms with Gasteiger partial charge in [0.1, 0.15) is 4.32 Å². The van der Waals surface area contributed by atoms with Crippen LogP contribution in [-0.4, -0.2) is 40.9 Å². The number of thioether (sulfide) groups is 1. The van der Waals surface area contributed by atoms with Gasteiger partial charge in [-0.15, -0.1) is 0 Å². The number of amides is 1. The van der Waals surface area contributed by atoms with Crippen molar-refractivity contribution in [2.45, 2.75) is 25.8 Å². The number of hydrazine groups is 1. The van der Waals surface area contributed by atoms with Crippen molar-refractivity contribution < 1.29 is 14.3 Å². The molecule has 1 saturated heterocycles. The summed E-state index contributed by atoms with van der Waals surface area (Å²) in [5.41, 5.74) is 4.17. The topological polar surface area (TPSA) is 62.8 Å². The van der Waals surface area contributed by atoms with Crippen LogP contribution in [0.3, 0.4) is 0 Å². The highest BCUT2D eigenvalue weighted by atomic mass is 32.2. The minimum Gasteiger partial charge on any atom is -0.454 e. The fourth-order valence-corrected chi connectivity index (χ4v) is 3.46. The molecule has 0 bridgehead atoms. The molecule has 1 aromatic carbocycles. The smallest absolute Gasteiger partial charge is 0.231 e. The number of piperidine rings is 1. The van der Waals surface area contributed by atoms with E-state index in [1.807, 2.05) is 18.2 Å². The fourth-order valence-electron chi connectivity index (χ4n) is 2.60. The van der Waals surface area contributed by atoms with Gasteiger partial charge < -0.3 is 20.2 Å². The number of carbonyl (C=O) groups excluding carboxylic acids is 1. The van der Waals surface area contributed by atoms with E-state index in [2.05, 4.69) is 15.8 Å². The van der Waals surface area contributed by atoms with Gasteiger partial charge in [-0.3, -0.25) is 4.79 Å². The van der Waals surface area contributed by atoms with E-state index in [1.165, 1.54) is 31.0 Å². The summed E-state index contributed by atoms with van der Waals surface area (Å²) in [6, 6.07) is 5.66. The molecule has 0 saturated carbocycles. The molecule has 130 valence electrons. The molecule has 1 fully saturated rings. The van der Waals surface area contributed by atoms with E-state index in [0.29, 0.717) is 16.6 Å². The Hall–Kier alpha value is -1.51. The van der Waals surface area contributed by atoms with E-state index >= 15 is 0 Å². The first-order valence-corrected chi connectivity index (χ1v) is 9.44. The van der Waals surface area contributed by atoms with Gasteiger partial charge in [0.05, 0.1) is 5.75 Å². The molecule has 2 heterocycles. The number of fused-ring (bicyclic) bond motifs is 1. The van der Waals surface area contributed by atoms with E-state index in [1.54, 1.807) is 0 Å². The van der Waals surface area contributed by atoms with Crippen LogP contribution in [0.4, 0.5) is 0 Å².